The third-order valence-corrected chi connectivity index (χ3v) is 11.9. The Morgan fingerprint density at radius 2 is 0.887 bits per heavy atom. The molecule has 0 radical (unpaired) electrons. The highest BCUT2D eigenvalue weighted by molar-refractivity contribution is 6.10. The molecule has 11 aromatic rings. The number of para-hydroxylation sites is 4. The first-order valence-electron chi connectivity index (χ1n) is 21.1. The molecule has 3 aromatic heterocycles. The molecule has 0 fully saturated rings. The zero-order valence-corrected chi connectivity index (χ0v) is 34.1. The highest BCUT2D eigenvalue weighted by Crippen LogP contribution is 2.36. The third kappa shape index (κ3) is 6.63. The molecule has 3 nitrogen and oxygen atoms in total. The van der Waals surface area contributed by atoms with Gasteiger partial charge < -0.3 is 9.13 Å². The number of benzene rings is 8. The fourth-order valence-corrected chi connectivity index (χ4v) is 9.01. The van der Waals surface area contributed by atoms with Crippen molar-refractivity contribution >= 4 is 55.4 Å². The molecule has 0 aliphatic rings. The van der Waals surface area contributed by atoms with Gasteiger partial charge in [0.2, 0.25) is 0 Å². The molecule has 0 saturated carbocycles. The van der Waals surface area contributed by atoms with Gasteiger partial charge in [-0.1, -0.05) is 170 Å². The van der Waals surface area contributed by atoms with Gasteiger partial charge in [0.05, 0.1) is 33.5 Å². The van der Waals surface area contributed by atoms with E-state index in [0.29, 0.717) is 0 Å². The molecule has 0 aliphatic carbocycles. The van der Waals surface area contributed by atoms with Crippen molar-refractivity contribution in [1.82, 2.24) is 14.1 Å². The van der Waals surface area contributed by atoms with Crippen molar-refractivity contribution in [1.29, 1.82) is 0 Å². The van der Waals surface area contributed by atoms with Crippen molar-refractivity contribution in [2.24, 2.45) is 0 Å². The highest BCUT2D eigenvalue weighted by Gasteiger charge is 2.15. The average molecular weight is 792 g/mol. The molecule has 0 atom stereocenters. The summed E-state index contributed by atoms with van der Waals surface area (Å²) in [4.78, 5) is 5.40. The van der Waals surface area contributed by atoms with E-state index in [9.17, 15) is 0 Å². The number of nitrogens with zero attached hydrogens (tertiary/aromatic N) is 3. The summed E-state index contributed by atoms with van der Waals surface area (Å²) in [7, 11) is 0. The van der Waals surface area contributed by atoms with Crippen LogP contribution in [-0.2, 0) is 0 Å². The molecule has 0 spiro atoms. The predicted octanol–water partition coefficient (Wildman–Crippen LogP) is 15.7. The van der Waals surface area contributed by atoms with Gasteiger partial charge in [0.15, 0.2) is 0 Å². The third-order valence-electron chi connectivity index (χ3n) is 11.9. The van der Waals surface area contributed by atoms with E-state index in [1.807, 2.05) is 6.08 Å². The quantitative estimate of drug-likeness (QED) is 0.134. The fourth-order valence-electron chi connectivity index (χ4n) is 9.01. The monoisotopic (exact) mass is 791 g/mol. The Balaban J connectivity index is 0.983. The Morgan fingerprint density at radius 3 is 1.52 bits per heavy atom. The molecule has 0 unspecified atom stereocenters. The standard InChI is InChI=1S/C59H41N3/c1-2-17-41(34-35-61-56-30-10-6-26-50(56)51-27-7-11-31-57(51)61)43-20-14-23-46(36-43)54-39-48(42-18-4-3-5-19-42)40-55(60-54)47-24-15-21-44(37-47)45-22-16-25-49(38-45)62-58-32-12-8-28-52(58)53-29-9-13-33-59(53)62/h2-40H,1H2/b35-34+,41-17+. The number of hydrogen-bond donors (Lipinski definition) is 0. The second-order valence-electron chi connectivity index (χ2n) is 15.7. The van der Waals surface area contributed by atoms with E-state index < -0.39 is 0 Å². The van der Waals surface area contributed by atoms with Crippen LogP contribution in [0.25, 0.3) is 106 Å². The Morgan fingerprint density at radius 1 is 0.403 bits per heavy atom. The number of fused-ring (bicyclic) bond motifs is 6. The van der Waals surface area contributed by atoms with Crippen LogP contribution in [0.2, 0.25) is 0 Å². The predicted molar refractivity (Wildman–Crippen MR) is 263 cm³/mol. The maximum absolute atomic E-state index is 5.40. The SMILES string of the molecule is C=C/C=C(\C=C\n1c2ccccc2c2ccccc21)c1cccc(-c2cc(-c3ccccc3)cc(-c3cccc(-c4cccc(-n5c6ccccc6c6ccccc65)c4)c3)n2)c1. The van der Waals surface area contributed by atoms with Gasteiger partial charge in [-0.15, -0.1) is 0 Å². The molecule has 0 bridgehead atoms. The Hall–Kier alpha value is -8.27. The smallest absolute Gasteiger partial charge is 0.0715 e. The van der Waals surface area contributed by atoms with Crippen molar-refractivity contribution < 1.29 is 0 Å². The molecule has 3 heteroatoms. The molecule has 0 amide bonds. The summed E-state index contributed by atoms with van der Waals surface area (Å²) < 4.78 is 4.65. The first kappa shape index (κ1) is 36.8. The minimum atomic E-state index is 0.909. The lowest BCUT2D eigenvalue weighted by molar-refractivity contribution is 1.18. The van der Waals surface area contributed by atoms with E-state index in [0.717, 1.165) is 61.6 Å². The number of allylic oxidation sites excluding steroid dienone is 4. The minimum Gasteiger partial charge on any atom is -0.316 e. The molecule has 0 saturated heterocycles. The van der Waals surface area contributed by atoms with E-state index in [-0.39, 0.29) is 0 Å². The molecule has 11 rings (SSSR count). The largest absolute Gasteiger partial charge is 0.316 e. The van der Waals surface area contributed by atoms with Crippen molar-refractivity contribution in [3.05, 3.63) is 243 Å². The van der Waals surface area contributed by atoms with Crippen LogP contribution < -0.4 is 0 Å². The normalized spacial score (nSPS) is 12.0. The van der Waals surface area contributed by atoms with Gasteiger partial charge in [-0.2, -0.15) is 0 Å². The van der Waals surface area contributed by atoms with Gasteiger partial charge in [-0.05, 0) is 100 Å². The topological polar surface area (TPSA) is 22.8 Å². The fraction of sp³-hybridized carbons (Fsp3) is 0. The van der Waals surface area contributed by atoms with E-state index in [1.54, 1.807) is 0 Å². The van der Waals surface area contributed by atoms with E-state index in [4.69, 9.17) is 4.98 Å². The zero-order valence-electron chi connectivity index (χ0n) is 34.1. The average Bonchev–Trinajstić information content (AvgIpc) is 3.86. The van der Waals surface area contributed by atoms with Crippen LogP contribution in [0.3, 0.4) is 0 Å². The van der Waals surface area contributed by atoms with Crippen LogP contribution in [-0.4, -0.2) is 14.1 Å². The molecule has 3 heterocycles. The highest BCUT2D eigenvalue weighted by atomic mass is 15.0. The van der Waals surface area contributed by atoms with Crippen LogP contribution in [0, 0.1) is 0 Å². The Bertz CT molecular complexity index is 3440. The number of aromatic nitrogens is 3. The first-order valence-corrected chi connectivity index (χ1v) is 21.1. The molecule has 292 valence electrons. The number of pyridine rings is 1. The number of rotatable bonds is 9. The second kappa shape index (κ2) is 15.7. The molecule has 62 heavy (non-hydrogen) atoms. The van der Waals surface area contributed by atoms with Crippen molar-refractivity contribution in [3.63, 3.8) is 0 Å². The van der Waals surface area contributed by atoms with Crippen molar-refractivity contribution in [2.75, 3.05) is 0 Å². The lowest BCUT2D eigenvalue weighted by Gasteiger charge is -2.13. The molecule has 8 aromatic carbocycles. The summed E-state index contributed by atoms with van der Waals surface area (Å²) in [6.45, 7) is 4.08. The van der Waals surface area contributed by atoms with E-state index in [2.05, 4.69) is 246 Å². The van der Waals surface area contributed by atoms with Gasteiger partial charge in [0.25, 0.3) is 0 Å². The van der Waals surface area contributed by atoms with Crippen LogP contribution in [0.4, 0.5) is 0 Å². The van der Waals surface area contributed by atoms with Gasteiger partial charge in [0, 0.05) is 44.6 Å². The Kier molecular flexibility index (Phi) is 9.33. The summed E-state index contributed by atoms with van der Waals surface area (Å²) in [5.74, 6) is 0. The molecule has 0 aliphatic heterocycles. The van der Waals surface area contributed by atoms with Gasteiger partial charge in [-0.3, -0.25) is 0 Å². The van der Waals surface area contributed by atoms with Crippen LogP contribution in [0.15, 0.2) is 237 Å². The zero-order chi connectivity index (χ0) is 41.4. The maximum Gasteiger partial charge on any atom is 0.0715 e. The molecular formula is C59H41N3. The lowest BCUT2D eigenvalue weighted by Crippen LogP contribution is -1.94. The lowest BCUT2D eigenvalue weighted by atomic mass is 9.96. The summed E-state index contributed by atoms with van der Waals surface area (Å²) in [5.41, 5.74) is 16.5. The van der Waals surface area contributed by atoms with Gasteiger partial charge in [-0.25, -0.2) is 4.98 Å². The summed E-state index contributed by atoms with van der Waals surface area (Å²) >= 11 is 0. The maximum atomic E-state index is 5.40. The van der Waals surface area contributed by atoms with Gasteiger partial charge >= 0.3 is 0 Å². The Labute approximate surface area is 361 Å². The van der Waals surface area contributed by atoms with Crippen LogP contribution in [0.1, 0.15) is 5.56 Å². The first-order chi connectivity index (χ1) is 30.7. The summed E-state index contributed by atoms with van der Waals surface area (Å²) in [6.07, 6.45) is 8.28. The van der Waals surface area contributed by atoms with E-state index >= 15 is 0 Å². The van der Waals surface area contributed by atoms with Crippen LogP contribution in [0.5, 0.6) is 0 Å². The minimum absolute atomic E-state index is 0.909. The summed E-state index contributed by atoms with van der Waals surface area (Å²) in [6, 6.07) is 75.8. The summed E-state index contributed by atoms with van der Waals surface area (Å²) in [5, 5.41) is 4.99. The van der Waals surface area contributed by atoms with Crippen molar-refractivity contribution in [3.8, 4) is 50.5 Å². The number of hydrogen-bond acceptors (Lipinski definition) is 1. The van der Waals surface area contributed by atoms with E-state index in [1.165, 1.54) is 43.6 Å². The van der Waals surface area contributed by atoms with Crippen molar-refractivity contribution in [2.45, 2.75) is 0 Å². The van der Waals surface area contributed by atoms with Gasteiger partial charge in [0.1, 0.15) is 0 Å². The second-order valence-corrected chi connectivity index (χ2v) is 15.7. The van der Waals surface area contributed by atoms with Crippen LogP contribution >= 0.6 is 0 Å². The molecule has 0 N–H and O–H groups in total. The molecular weight excluding hydrogens is 751 g/mol.